The van der Waals surface area contributed by atoms with Crippen molar-refractivity contribution in [1.82, 2.24) is 0 Å². The van der Waals surface area contributed by atoms with Gasteiger partial charge in [0.25, 0.3) is 0 Å². The van der Waals surface area contributed by atoms with Gasteiger partial charge in [0.15, 0.2) is 11.4 Å². The molecule has 0 heterocycles. The molecule has 5 nitrogen and oxygen atoms in total. The fraction of sp³-hybridized carbons (Fsp3) is 0.739. The second-order valence-corrected chi connectivity index (χ2v) is 10.8. The van der Waals surface area contributed by atoms with E-state index < -0.39 is 11.2 Å². The normalized spacial score (nSPS) is 18.9. The Kier molecular flexibility index (Phi) is 7.12. The Labute approximate surface area is 171 Å². The fourth-order valence-electron chi connectivity index (χ4n) is 3.02. The summed E-state index contributed by atoms with van der Waals surface area (Å²) in [6, 6.07) is 0. The number of ketones is 1. The molecule has 28 heavy (non-hydrogen) atoms. The van der Waals surface area contributed by atoms with Crippen LogP contribution in [0.1, 0.15) is 76.2 Å². The molecule has 0 saturated carbocycles. The Morgan fingerprint density at radius 3 is 1.64 bits per heavy atom. The van der Waals surface area contributed by atoms with Gasteiger partial charge in [0, 0.05) is 11.1 Å². The summed E-state index contributed by atoms with van der Waals surface area (Å²) < 4.78 is 0. The molecule has 0 aromatic rings. The maximum absolute atomic E-state index is 13.4. The molecule has 1 rings (SSSR count). The number of Topliss-reactive ketones (excluding diaryl/α,β-unsaturated/α-hetero) is 1. The predicted molar refractivity (Wildman–Crippen MR) is 114 cm³/mol. The molecule has 1 aliphatic rings. The highest BCUT2D eigenvalue weighted by molar-refractivity contribution is 6.14. The van der Waals surface area contributed by atoms with Crippen molar-refractivity contribution in [3.05, 3.63) is 23.3 Å². The molecule has 0 radical (unpaired) electrons. The first kappa shape index (κ1) is 24.6. The second-order valence-electron chi connectivity index (χ2n) is 10.8. The van der Waals surface area contributed by atoms with E-state index in [0.29, 0.717) is 16.9 Å². The Morgan fingerprint density at radius 2 is 1.36 bits per heavy atom. The van der Waals surface area contributed by atoms with Crippen molar-refractivity contribution in [3.63, 3.8) is 0 Å². The van der Waals surface area contributed by atoms with Crippen LogP contribution < -0.4 is 0 Å². The topological polar surface area (TPSA) is 57.1 Å². The van der Waals surface area contributed by atoms with Crippen molar-refractivity contribution >= 4 is 11.5 Å². The summed E-state index contributed by atoms with van der Waals surface area (Å²) in [4.78, 5) is 30.4. The van der Waals surface area contributed by atoms with Crippen LogP contribution in [0.15, 0.2) is 28.5 Å². The zero-order valence-corrected chi connectivity index (χ0v) is 19.8. The summed E-state index contributed by atoms with van der Waals surface area (Å²) in [6.07, 6.45) is 3.71. The van der Waals surface area contributed by atoms with Crippen LogP contribution in [0.2, 0.25) is 0 Å². The molecule has 0 aromatic heterocycles. The van der Waals surface area contributed by atoms with Crippen LogP contribution in [-0.4, -0.2) is 29.8 Å². The summed E-state index contributed by atoms with van der Waals surface area (Å²) in [5.74, 6) is 0.0437. The monoisotopic (exact) mass is 393 g/mol. The first-order valence-corrected chi connectivity index (χ1v) is 9.94. The molecule has 5 heteroatoms. The summed E-state index contributed by atoms with van der Waals surface area (Å²) in [5, 5.41) is 4.29. The van der Waals surface area contributed by atoms with Crippen molar-refractivity contribution in [2.24, 2.45) is 21.9 Å². The SMILES string of the molecule is CO/N=C(\C(C)C)C1(OOC(C)(C)C)C=C(C(C)(C)C)C(=O)C(C(C)(C)C)=C1. The number of rotatable bonds is 5. The van der Waals surface area contributed by atoms with Gasteiger partial charge in [-0.3, -0.25) is 4.79 Å². The average Bonchev–Trinajstić information content (AvgIpc) is 2.48. The molecule has 1 aliphatic carbocycles. The zero-order valence-electron chi connectivity index (χ0n) is 19.8. The van der Waals surface area contributed by atoms with E-state index in [-0.39, 0.29) is 22.5 Å². The summed E-state index contributed by atoms with van der Waals surface area (Å²) in [7, 11) is 1.51. The Morgan fingerprint density at radius 1 is 0.929 bits per heavy atom. The van der Waals surface area contributed by atoms with Gasteiger partial charge in [-0.25, -0.2) is 9.78 Å². The predicted octanol–water partition coefficient (Wildman–Crippen LogP) is 5.66. The zero-order chi connectivity index (χ0) is 22.1. The van der Waals surface area contributed by atoms with Gasteiger partial charge < -0.3 is 4.84 Å². The lowest BCUT2D eigenvalue weighted by atomic mass is 9.68. The lowest BCUT2D eigenvalue weighted by Gasteiger charge is -2.40. The van der Waals surface area contributed by atoms with E-state index in [1.807, 2.05) is 88.3 Å². The number of hydrogen-bond donors (Lipinski definition) is 0. The number of carbonyl (C=O) groups is 1. The summed E-state index contributed by atoms with van der Waals surface area (Å²) in [6.45, 7) is 22.0. The molecule has 0 aliphatic heterocycles. The highest BCUT2D eigenvalue weighted by Crippen LogP contribution is 2.43. The molecule has 0 fully saturated rings. The highest BCUT2D eigenvalue weighted by atomic mass is 17.2. The van der Waals surface area contributed by atoms with Crippen LogP contribution in [0.3, 0.4) is 0 Å². The minimum atomic E-state index is -1.13. The van der Waals surface area contributed by atoms with Gasteiger partial charge in [-0.2, -0.15) is 0 Å². The molecule has 0 saturated heterocycles. The summed E-state index contributed by atoms with van der Waals surface area (Å²) in [5.41, 5.74) is -0.383. The van der Waals surface area contributed by atoms with Crippen LogP contribution >= 0.6 is 0 Å². The quantitative estimate of drug-likeness (QED) is 0.344. The smallest absolute Gasteiger partial charge is 0.185 e. The molecule has 0 unspecified atom stereocenters. The van der Waals surface area contributed by atoms with Crippen LogP contribution in [0.25, 0.3) is 0 Å². The van der Waals surface area contributed by atoms with Gasteiger partial charge in [-0.1, -0.05) is 60.5 Å². The Balaban J connectivity index is 3.86. The van der Waals surface area contributed by atoms with Gasteiger partial charge in [0.1, 0.15) is 12.8 Å². The van der Waals surface area contributed by atoms with Crippen molar-refractivity contribution in [1.29, 1.82) is 0 Å². The van der Waals surface area contributed by atoms with E-state index in [1.54, 1.807) is 0 Å². The molecule has 160 valence electrons. The van der Waals surface area contributed by atoms with E-state index in [9.17, 15) is 4.79 Å². The van der Waals surface area contributed by atoms with E-state index >= 15 is 0 Å². The summed E-state index contributed by atoms with van der Waals surface area (Å²) >= 11 is 0. The number of oxime groups is 1. The van der Waals surface area contributed by atoms with Gasteiger partial charge in [-0.05, 0) is 49.7 Å². The van der Waals surface area contributed by atoms with E-state index in [2.05, 4.69) is 5.16 Å². The van der Waals surface area contributed by atoms with Gasteiger partial charge >= 0.3 is 0 Å². The Hall–Kier alpha value is -1.46. The third-order valence-corrected chi connectivity index (χ3v) is 4.39. The largest absolute Gasteiger partial charge is 0.399 e. The second kappa shape index (κ2) is 8.11. The van der Waals surface area contributed by atoms with Crippen LogP contribution in [0, 0.1) is 16.7 Å². The van der Waals surface area contributed by atoms with Crippen molar-refractivity contribution < 1.29 is 19.4 Å². The molecule has 0 N–H and O–H groups in total. The molecule has 0 atom stereocenters. The van der Waals surface area contributed by atoms with Crippen LogP contribution in [-0.2, 0) is 19.4 Å². The van der Waals surface area contributed by atoms with Crippen molar-refractivity contribution in [2.75, 3.05) is 7.11 Å². The molecule has 0 bridgehead atoms. The first-order valence-electron chi connectivity index (χ1n) is 9.94. The average molecular weight is 394 g/mol. The third kappa shape index (κ3) is 5.77. The fourth-order valence-corrected chi connectivity index (χ4v) is 3.02. The number of hydrogen-bond acceptors (Lipinski definition) is 5. The van der Waals surface area contributed by atoms with E-state index in [1.165, 1.54) is 7.11 Å². The van der Waals surface area contributed by atoms with Crippen molar-refractivity contribution in [2.45, 2.75) is 87.4 Å². The molecular weight excluding hydrogens is 354 g/mol. The number of allylic oxidation sites excluding steroid dienone is 2. The molecular formula is C23H39NO4. The number of nitrogens with zero attached hydrogens (tertiary/aromatic N) is 1. The van der Waals surface area contributed by atoms with E-state index in [0.717, 1.165) is 0 Å². The minimum Gasteiger partial charge on any atom is -0.399 e. The minimum absolute atomic E-state index is 0.00616. The first-order chi connectivity index (χ1) is 12.4. The van der Waals surface area contributed by atoms with Gasteiger partial charge in [0.2, 0.25) is 0 Å². The van der Waals surface area contributed by atoms with Crippen molar-refractivity contribution in [3.8, 4) is 0 Å². The molecule has 0 aromatic carbocycles. The molecule has 0 amide bonds. The lowest BCUT2D eigenvalue weighted by Crippen LogP contribution is -2.47. The third-order valence-electron chi connectivity index (χ3n) is 4.39. The lowest BCUT2D eigenvalue weighted by molar-refractivity contribution is -0.370. The standard InChI is InChI=1S/C23H39NO4/c1-15(2)19(24-26-12)23(28-27-22(9,10)11)13-16(20(3,4)5)18(25)17(14-23)21(6,7)8/h13-15H,1-12H3/b24-19+. The van der Waals surface area contributed by atoms with E-state index in [4.69, 9.17) is 14.6 Å². The maximum atomic E-state index is 13.4. The molecule has 0 spiro atoms. The number of carbonyl (C=O) groups excluding carboxylic acids is 1. The van der Waals surface area contributed by atoms with Gasteiger partial charge in [0.05, 0.1) is 5.60 Å². The van der Waals surface area contributed by atoms with Crippen LogP contribution in [0.4, 0.5) is 0 Å². The Bertz CT molecular complexity index is 643. The van der Waals surface area contributed by atoms with Crippen LogP contribution in [0.5, 0.6) is 0 Å². The highest BCUT2D eigenvalue weighted by Gasteiger charge is 2.47. The van der Waals surface area contributed by atoms with Gasteiger partial charge in [-0.15, -0.1) is 0 Å². The maximum Gasteiger partial charge on any atom is 0.185 e.